The van der Waals surface area contributed by atoms with Crippen LogP contribution in [0.2, 0.25) is 4.34 Å². The van der Waals surface area contributed by atoms with E-state index in [1.807, 2.05) is 4.90 Å². The first-order valence-electron chi connectivity index (χ1n) is 5.28. The zero-order valence-electron chi connectivity index (χ0n) is 9.11. The standard InChI is InChI=1S/C11H14ClNO2S/c1-15-8-4-6-13(7-5-8)11(14)9-2-3-10(12)16-9/h2-3,8H,4-7H2,1H3. The summed E-state index contributed by atoms with van der Waals surface area (Å²) in [5.74, 6) is 0.0893. The Morgan fingerprint density at radius 2 is 2.19 bits per heavy atom. The Bertz CT molecular complexity index is 372. The Morgan fingerprint density at radius 1 is 1.50 bits per heavy atom. The molecule has 0 unspecified atom stereocenters. The third kappa shape index (κ3) is 2.56. The molecular formula is C11H14ClNO2S. The normalized spacial score (nSPS) is 17.8. The van der Waals surface area contributed by atoms with Crippen molar-refractivity contribution in [3.8, 4) is 0 Å². The summed E-state index contributed by atoms with van der Waals surface area (Å²) in [5.41, 5.74) is 0. The molecule has 16 heavy (non-hydrogen) atoms. The number of likely N-dealkylation sites (tertiary alicyclic amines) is 1. The highest BCUT2D eigenvalue weighted by Crippen LogP contribution is 2.24. The average molecular weight is 260 g/mol. The van der Waals surface area contributed by atoms with E-state index in [2.05, 4.69) is 0 Å². The molecule has 1 saturated heterocycles. The van der Waals surface area contributed by atoms with E-state index in [0.717, 1.165) is 30.8 Å². The molecule has 1 aromatic rings. The Labute approximate surface area is 104 Å². The van der Waals surface area contributed by atoms with E-state index in [1.54, 1.807) is 19.2 Å². The van der Waals surface area contributed by atoms with E-state index in [9.17, 15) is 4.79 Å². The zero-order chi connectivity index (χ0) is 11.5. The Balaban J connectivity index is 1.96. The molecule has 5 heteroatoms. The Hall–Kier alpha value is -0.580. The number of hydrogen-bond donors (Lipinski definition) is 0. The van der Waals surface area contributed by atoms with Crippen LogP contribution in [0.5, 0.6) is 0 Å². The SMILES string of the molecule is COC1CCN(C(=O)c2ccc(Cl)s2)CC1. The summed E-state index contributed by atoms with van der Waals surface area (Å²) < 4.78 is 5.93. The van der Waals surface area contributed by atoms with E-state index >= 15 is 0 Å². The maximum absolute atomic E-state index is 12.0. The third-order valence-corrected chi connectivity index (χ3v) is 4.07. The predicted octanol–water partition coefficient (Wildman–Crippen LogP) is 2.65. The van der Waals surface area contributed by atoms with Gasteiger partial charge in [-0.05, 0) is 25.0 Å². The lowest BCUT2D eigenvalue weighted by Gasteiger charge is -2.30. The molecule has 0 saturated carbocycles. The molecule has 88 valence electrons. The molecule has 1 amide bonds. The summed E-state index contributed by atoms with van der Waals surface area (Å²) in [6.07, 6.45) is 2.14. The molecule has 0 spiro atoms. The molecule has 2 rings (SSSR count). The van der Waals surface area contributed by atoms with Crippen molar-refractivity contribution in [1.29, 1.82) is 0 Å². The van der Waals surface area contributed by atoms with E-state index in [-0.39, 0.29) is 5.91 Å². The first-order chi connectivity index (χ1) is 7.70. The quantitative estimate of drug-likeness (QED) is 0.817. The molecule has 0 aromatic carbocycles. The second kappa shape index (κ2) is 5.17. The van der Waals surface area contributed by atoms with Crippen LogP contribution in [0.25, 0.3) is 0 Å². The molecule has 1 fully saturated rings. The minimum absolute atomic E-state index is 0.0893. The van der Waals surface area contributed by atoms with Crippen LogP contribution in [-0.4, -0.2) is 37.1 Å². The molecule has 0 bridgehead atoms. The number of methoxy groups -OCH3 is 1. The van der Waals surface area contributed by atoms with Crippen molar-refractivity contribution < 1.29 is 9.53 Å². The number of hydrogen-bond acceptors (Lipinski definition) is 3. The van der Waals surface area contributed by atoms with Gasteiger partial charge in [0.15, 0.2) is 0 Å². The Kier molecular flexibility index (Phi) is 3.84. The molecule has 1 aliphatic heterocycles. The maximum atomic E-state index is 12.0. The number of amides is 1. The van der Waals surface area contributed by atoms with E-state index < -0.39 is 0 Å². The van der Waals surface area contributed by atoms with Crippen molar-refractivity contribution >= 4 is 28.8 Å². The second-order valence-corrected chi connectivity index (χ2v) is 5.55. The molecule has 0 N–H and O–H groups in total. The highest BCUT2D eigenvalue weighted by atomic mass is 35.5. The minimum atomic E-state index is 0.0893. The third-order valence-electron chi connectivity index (χ3n) is 2.85. The van der Waals surface area contributed by atoms with E-state index in [4.69, 9.17) is 16.3 Å². The van der Waals surface area contributed by atoms with Crippen molar-refractivity contribution in [2.45, 2.75) is 18.9 Å². The molecule has 3 nitrogen and oxygen atoms in total. The van der Waals surface area contributed by atoms with Crippen LogP contribution in [0, 0.1) is 0 Å². The van der Waals surface area contributed by atoms with Crippen molar-refractivity contribution in [3.05, 3.63) is 21.3 Å². The van der Waals surface area contributed by atoms with Gasteiger partial charge in [0, 0.05) is 20.2 Å². The van der Waals surface area contributed by atoms with Crippen LogP contribution < -0.4 is 0 Å². The van der Waals surface area contributed by atoms with E-state index in [0.29, 0.717) is 10.4 Å². The molecule has 2 heterocycles. The number of ether oxygens (including phenoxy) is 1. The lowest BCUT2D eigenvalue weighted by atomic mass is 10.1. The number of halogens is 1. The molecular weight excluding hydrogens is 246 g/mol. The van der Waals surface area contributed by atoms with Crippen molar-refractivity contribution in [1.82, 2.24) is 4.90 Å². The zero-order valence-corrected chi connectivity index (χ0v) is 10.7. The fraction of sp³-hybridized carbons (Fsp3) is 0.545. The lowest BCUT2D eigenvalue weighted by Crippen LogP contribution is -2.40. The predicted molar refractivity (Wildman–Crippen MR) is 65.3 cm³/mol. The number of rotatable bonds is 2. The fourth-order valence-electron chi connectivity index (χ4n) is 1.88. The molecule has 1 aromatic heterocycles. The molecule has 0 atom stereocenters. The van der Waals surface area contributed by atoms with Gasteiger partial charge < -0.3 is 9.64 Å². The van der Waals surface area contributed by atoms with Gasteiger partial charge in [-0.15, -0.1) is 11.3 Å². The van der Waals surface area contributed by atoms with Gasteiger partial charge in [-0.1, -0.05) is 11.6 Å². The summed E-state index contributed by atoms with van der Waals surface area (Å²) >= 11 is 7.16. The topological polar surface area (TPSA) is 29.5 Å². The number of piperidine rings is 1. The van der Waals surface area contributed by atoms with Gasteiger partial charge in [0.05, 0.1) is 15.3 Å². The number of nitrogens with zero attached hydrogens (tertiary/aromatic N) is 1. The maximum Gasteiger partial charge on any atom is 0.263 e. The van der Waals surface area contributed by atoms with Crippen molar-refractivity contribution in [2.24, 2.45) is 0 Å². The first kappa shape index (κ1) is 11.9. The summed E-state index contributed by atoms with van der Waals surface area (Å²) in [7, 11) is 1.72. The summed E-state index contributed by atoms with van der Waals surface area (Å²) in [6.45, 7) is 1.54. The lowest BCUT2D eigenvalue weighted by molar-refractivity contribution is 0.0353. The summed E-state index contributed by atoms with van der Waals surface area (Å²) in [4.78, 5) is 14.6. The summed E-state index contributed by atoms with van der Waals surface area (Å²) in [6, 6.07) is 3.55. The fourth-order valence-corrected chi connectivity index (χ4v) is 2.89. The van der Waals surface area contributed by atoms with Gasteiger partial charge in [0.1, 0.15) is 0 Å². The minimum Gasteiger partial charge on any atom is -0.381 e. The number of carbonyl (C=O) groups excluding carboxylic acids is 1. The molecule has 0 aliphatic carbocycles. The van der Waals surface area contributed by atoms with Gasteiger partial charge in [0.25, 0.3) is 5.91 Å². The van der Waals surface area contributed by atoms with Crippen LogP contribution in [0.4, 0.5) is 0 Å². The second-order valence-electron chi connectivity index (χ2n) is 3.83. The van der Waals surface area contributed by atoms with Crippen LogP contribution in [-0.2, 0) is 4.74 Å². The van der Waals surface area contributed by atoms with Gasteiger partial charge in [0.2, 0.25) is 0 Å². The Morgan fingerprint density at radius 3 is 2.69 bits per heavy atom. The van der Waals surface area contributed by atoms with Crippen LogP contribution in [0.3, 0.4) is 0 Å². The molecule has 0 radical (unpaired) electrons. The largest absolute Gasteiger partial charge is 0.381 e. The van der Waals surface area contributed by atoms with Crippen LogP contribution in [0.15, 0.2) is 12.1 Å². The monoisotopic (exact) mass is 259 g/mol. The molecule has 1 aliphatic rings. The average Bonchev–Trinajstić information content (AvgIpc) is 2.75. The highest BCUT2D eigenvalue weighted by molar-refractivity contribution is 7.17. The van der Waals surface area contributed by atoms with Crippen molar-refractivity contribution in [2.75, 3.05) is 20.2 Å². The van der Waals surface area contributed by atoms with Gasteiger partial charge >= 0.3 is 0 Å². The van der Waals surface area contributed by atoms with Gasteiger partial charge in [-0.2, -0.15) is 0 Å². The number of thiophene rings is 1. The van der Waals surface area contributed by atoms with Crippen LogP contribution >= 0.6 is 22.9 Å². The number of carbonyl (C=O) groups is 1. The van der Waals surface area contributed by atoms with E-state index in [1.165, 1.54) is 11.3 Å². The van der Waals surface area contributed by atoms with Gasteiger partial charge in [-0.3, -0.25) is 4.79 Å². The first-order valence-corrected chi connectivity index (χ1v) is 6.47. The summed E-state index contributed by atoms with van der Waals surface area (Å²) in [5, 5.41) is 0. The van der Waals surface area contributed by atoms with Crippen LogP contribution in [0.1, 0.15) is 22.5 Å². The smallest absolute Gasteiger partial charge is 0.263 e. The highest BCUT2D eigenvalue weighted by Gasteiger charge is 2.24. The van der Waals surface area contributed by atoms with Gasteiger partial charge in [-0.25, -0.2) is 0 Å². The van der Waals surface area contributed by atoms with Crippen molar-refractivity contribution in [3.63, 3.8) is 0 Å².